The molecule has 1 heterocycles. The number of alkyl halides is 3. The highest BCUT2D eigenvalue weighted by Crippen LogP contribution is 2.55. The first-order chi connectivity index (χ1) is 13.8. The highest BCUT2D eigenvalue weighted by atomic mass is 19.4. The molecule has 2 aromatic rings. The van der Waals surface area contributed by atoms with E-state index < -0.39 is 12.3 Å². The Hall–Kier alpha value is -1.99. The van der Waals surface area contributed by atoms with Crippen LogP contribution in [0.2, 0.25) is 0 Å². The second-order valence-corrected chi connectivity index (χ2v) is 9.01. The summed E-state index contributed by atoms with van der Waals surface area (Å²) >= 11 is 0. The number of hydrogen-bond acceptors (Lipinski definition) is 4. The number of ether oxygens (including phenoxy) is 1. The molecule has 4 nitrogen and oxygen atoms in total. The Morgan fingerprint density at radius 3 is 2.48 bits per heavy atom. The third-order valence-corrected chi connectivity index (χ3v) is 6.74. The van der Waals surface area contributed by atoms with Gasteiger partial charge in [0.2, 0.25) is 0 Å². The average Bonchev–Trinajstić information content (AvgIpc) is 2.64. The Kier molecular flexibility index (Phi) is 4.44. The van der Waals surface area contributed by atoms with Gasteiger partial charge in [0.25, 0.3) is 0 Å². The zero-order valence-corrected chi connectivity index (χ0v) is 16.2. The lowest BCUT2D eigenvalue weighted by Crippen LogP contribution is -2.57. The lowest BCUT2D eigenvalue weighted by atomic mass is 9.52. The van der Waals surface area contributed by atoms with Gasteiger partial charge < -0.3 is 20.7 Å². The summed E-state index contributed by atoms with van der Waals surface area (Å²) in [7, 11) is 0. The zero-order chi connectivity index (χ0) is 20.2. The normalized spacial score (nSPS) is 32.1. The molecule has 29 heavy (non-hydrogen) atoms. The molecule has 2 aromatic carbocycles. The van der Waals surface area contributed by atoms with Crippen molar-refractivity contribution in [1.29, 1.82) is 0 Å². The number of fused-ring (bicyclic) bond motifs is 1. The molecular formula is C22H26F3N3O. The molecule has 1 spiro atoms. The van der Waals surface area contributed by atoms with Crippen LogP contribution in [0, 0.1) is 5.41 Å². The molecule has 1 aliphatic heterocycles. The number of nitrogens with one attached hydrogen (secondary N) is 1. The lowest BCUT2D eigenvalue weighted by molar-refractivity contribution is -0.221. The molecule has 3 aliphatic rings. The predicted octanol–water partition coefficient (Wildman–Crippen LogP) is 4.29. The van der Waals surface area contributed by atoms with Gasteiger partial charge in [0.05, 0.1) is 13.2 Å². The number of nitrogens with zero attached hydrogens (tertiary/aromatic N) is 1. The minimum Gasteiger partial charge on any atom is -0.382 e. The van der Waals surface area contributed by atoms with Gasteiger partial charge in [0.1, 0.15) is 0 Å². The SMILES string of the molecule is NC1CC2(C1)CC(Nc1ccc3cc(N4CCOC(C(F)(F)F)C4)ccc3c1)C2. The van der Waals surface area contributed by atoms with Crippen molar-refractivity contribution in [2.75, 3.05) is 29.9 Å². The van der Waals surface area contributed by atoms with E-state index >= 15 is 0 Å². The maximum Gasteiger partial charge on any atom is 0.416 e. The van der Waals surface area contributed by atoms with E-state index in [1.807, 2.05) is 24.3 Å². The number of halogens is 3. The van der Waals surface area contributed by atoms with Crippen molar-refractivity contribution in [3.63, 3.8) is 0 Å². The zero-order valence-electron chi connectivity index (χ0n) is 16.2. The number of anilines is 2. The summed E-state index contributed by atoms with van der Waals surface area (Å²) in [5, 5.41) is 5.72. The third-order valence-electron chi connectivity index (χ3n) is 6.74. The van der Waals surface area contributed by atoms with Gasteiger partial charge in [-0.05, 0) is 66.1 Å². The van der Waals surface area contributed by atoms with Gasteiger partial charge >= 0.3 is 6.18 Å². The quantitative estimate of drug-likeness (QED) is 0.800. The molecule has 2 saturated carbocycles. The summed E-state index contributed by atoms with van der Waals surface area (Å²) in [5.41, 5.74) is 8.33. The third kappa shape index (κ3) is 3.66. The van der Waals surface area contributed by atoms with Gasteiger partial charge in [0, 0.05) is 30.0 Å². The Morgan fingerprint density at radius 2 is 1.76 bits per heavy atom. The lowest BCUT2D eigenvalue weighted by Gasteiger charge is -2.57. The summed E-state index contributed by atoms with van der Waals surface area (Å²) in [6, 6.07) is 13.0. The van der Waals surface area contributed by atoms with Crippen molar-refractivity contribution in [3.8, 4) is 0 Å². The Balaban J connectivity index is 1.26. The molecule has 1 unspecified atom stereocenters. The Labute approximate surface area is 168 Å². The van der Waals surface area contributed by atoms with Gasteiger partial charge in [-0.1, -0.05) is 12.1 Å². The van der Waals surface area contributed by atoms with Gasteiger partial charge in [-0.15, -0.1) is 0 Å². The molecule has 3 fully saturated rings. The van der Waals surface area contributed by atoms with Crippen LogP contribution < -0.4 is 16.0 Å². The van der Waals surface area contributed by atoms with Gasteiger partial charge in [-0.2, -0.15) is 13.2 Å². The van der Waals surface area contributed by atoms with E-state index in [1.165, 1.54) is 12.8 Å². The smallest absolute Gasteiger partial charge is 0.382 e. The molecule has 1 saturated heterocycles. The fourth-order valence-electron chi connectivity index (χ4n) is 5.31. The van der Waals surface area contributed by atoms with Crippen molar-refractivity contribution >= 4 is 22.1 Å². The molecule has 0 radical (unpaired) electrons. The van der Waals surface area contributed by atoms with Crippen molar-refractivity contribution in [3.05, 3.63) is 36.4 Å². The highest BCUT2D eigenvalue weighted by molar-refractivity contribution is 5.88. The van der Waals surface area contributed by atoms with Crippen molar-refractivity contribution in [2.45, 2.75) is 50.0 Å². The summed E-state index contributed by atoms with van der Waals surface area (Å²) in [5.74, 6) is 0. The second kappa shape index (κ2) is 6.77. The van der Waals surface area contributed by atoms with E-state index in [1.54, 1.807) is 4.90 Å². The van der Waals surface area contributed by atoms with Crippen LogP contribution in [0.5, 0.6) is 0 Å². The van der Waals surface area contributed by atoms with Crippen molar-refractivity contribution < 1.29 is 17.9 Å². The molecule has 0 aromatic heterocycles. The number of rotatable bonds is 3. The van der Waals surface area contributed by atoms with E-state index in [2.05, 4.69) is 17.4 Å². The summed E-state index contributed by atoms with van der Waals surface area (Å²) in [4.78, 5) is 1.75. The molecule has 156 valence electrons. The van der Waals surface area contributed by atoms with E-state index in [0.717, 1.165) is 35.0 Å². The molecule has 5 rings (SSSR count). The highest BCUT2D eigenvalue weighted by Gasteiger charge is 2.51. The van der Waals surface area contributed by atoms with Gasteiger partial charge in [0.15, 0.2) is 6.10 Å². The van der Waals surface area contributed by atoms with Gasteiger partial charge in [-0.25, -0.2) is 0 Å². The van der Waals surface area contributed by atoms with Crippen molar-refractivity contribution in [1.82, 2.24) is 0 Å². The molecule has 0 bridgehead atoms. The fourth-order valence-corrected chi connectivity index (χ4v) is 5.31. The van der Waals surface area contributed by atoms with Crippen LogP contribution in [0.3, 0.4) is 0 Å². The first-order valence-corrected chi connectivity index (χ1v) is 10.3. The minimum atomic E-state index is -4.33. The van der Waals surface area contributed by atoms with Crippen LogP contribution in [0.15, 0.2) is 36.4 Å². The number of nitrogens with two attached hydrogens (primary N) is 1. The summed E-state index contributed by atoms with van der Waals surface area (Å²) in [6.45, 7) is 0.380. The maximum absolute atomic E-state index is 13.0. The maximum atomic E-state index is 13.0. The van der Waals surface area contributed by atoms with Crippen LogP contribution >= 0.6 is 0 Å². The standard InChI is InChI=1S/C22H26F3N3O/c23-22(24,25)20-13-28(5-6-29-20)19-4-2-14-7-17(3-1-15(14)8-19)27-18-11-21(12-18)9-16(26)10-21/h1-4,7-8,16,18,20,27H,5-6,9-13,26H2. The van der Waals surface area contributed by atoms with Crippen LogP contribution in [-0.4, -0.2) is 44.1 Å². The molecule has 3 N–H and O–H groups in total. The van der Waals surface area contributed by atoms with Crippen LogP contribution in [0.4, 0.5) is 24.5 Å². The average molecular weight is 405 g/mol. The van der Waals surface area contributed by atoms with E-state index in [0.29, 0.717) is 24.0 Å². The molecule has 1 atom stereocenters. The Bertz CT molecular complexity index is 902. The molecule has 7 heteroatoms. The Morgan fingerprint density at radius 1 is 1.03 bits per heavy atom. The minimum absolute atomic E-state index is 0.0822. The second-order valence-electron chi connectivity index (χ2n) is 9.01. The molecule has 0 amide bonds. The number of morpholine rings is 1. The van der Waals surface area contributed by atoms with Crippen molar-refractivity contribution in [2.24, 2.45) is 11.1 Å². The predicted molar refractivity (Wildman–Crippen MR) is 108 cm³/mol. The largest absolute Gasteiger partial charge is 0.416 e. The molecule has 2 aliphatic carbocycles. The van der Waals surface area contributed by atoms with Crippen LogP contribution in [-0.2, 0) is 4.74 Å². The fraction of sp³-hybridized carbons (Fsp3) is 0.545. The first-order valence-electron chi connectivity index (χ1n) is 10.3. The number of hydrogen-bond donors (Lipinski definition) is 2. The van der Waals surface area contributed by atoms with Crippen LogP contribution in [0.1, 0.15) is 25.7 Å². The topological polar surface area (TPSA) is 50.5 Å². The summed E-state index contributed by atoms with van der Waals surface area (Å²) in [6.07, 6.45) is -1.37. The summed E-state index contributed by atoms with van der Waals surface area (Å²) < 4.78 is 43.9. The monoisotopic (exact) mass is 405 g/mol. The van der Waals surface area contributed by atoms with E-state index in [-0.39, 0.29) is 13.2 Å². The van der Waals surface area contributed by atoms with Gasteiger partial charge in [-0.3, -0.25) is 0 Å². The molecular weight excluding hydrogens is 379 g/mol. The van der Waals surface area contributed by atoms with E-state index in [4.69, 9.17) is 10.5 Å². The first kappa shape index (κ1) is 19.0. The number of benzene rings is 2. The van der Waals surface area contributed by atoms with Crippen LogP contribution in [0.25, 0.3) is 10.8 Å². The van der Waals surface area contributed by atoms with E-state index in [9.17, 15) is 13.2 Å².